The number of carbonyl (C=O) groups is 2. The number of hydrogen-bond donors (Lipinski definition) is 2. The number of aliphatic hydroxyl groups is 2. The van der Waals surface area contributed by atoms with E-state index in [2.05, 4.69) is 26.7 Å². The quantitative estimate of drug-likeness (QED) is 0.151. The number of ether oxygens (including phenoxy) is 10. The second-order valence-electron chi connectivity index (χ2n) is 18.2. The first-order valence-electron chi connectivity index (χ1n) is 22.2. The average Bonchev–Trinajstić information content (AvgIpc) is 3.94. The van der Waals surface area contributed by atoms with Crippen LogP contribution >= 0.6 is 0 Å². The predicted octanol–water partition coefficient (Wildman–Crippen LogP) is 4.93. The van der Waals surface area contributed by atoms with E-state index in [0.717, 1.165) is 36.8 Å². The van der Waals surface area contributed by atoms with Gasteiger partial charge in [-0.15, -0.1) is 6.58 Å². The van der Waals surface area contributed by atoms with Crippen LogP contribution in [0.1, 0.15) is 87.9 Å². The third-order valence-electron chi connectivity index (χ3n) is 14.2. The highest BCUT2D eigenvalue weighted by Gasteiger charge is 2.68. The van der Waals surface area contributed by atoms with Crippen molar-refractivity contribution < 1.29 is 67.2 Å². The summed E-state index contributed by atoms with van der Waals surface area (Å²) in [5.41, 5.74) is 2.49. The summed E-state index contributed by atoms with van der Waals surface area (Å²) in [5, 5.41) is 19.7. The Morgan fingerprint density at radius 1 is 0.902 bits per heavy atom. The Morgan fingerprint density at radius 2 is 1.66 bits per heavy atom. The topological polar surface area (TPSA) is 167 Å². The number of hydrogen-bond acceptors (Lipinski definition) is 14. The molecule has 2 unspecified atom stereocenters. The van der Waals surface area contributed by atoms with Crippen molar-refractivity contribution in [1.82, 2.24) is 0 Å². The summed E-state index contributed by atoms with van der Waals surface area (Å²) in [6.07, 6.45) is 2.09. The highest BCUT2D eigenvalue weighted by atomic mass is 16.8. The van der Waals surface area contributed by atoms with Gasteiger partial charge in [0.15, 0.2) is 11.9 Å². The van der Waals surface area contributed by atoms with Gasteiger partial charge in [0.25, 0.3) is 0 Å². The zero-order valence-electron chi connectivity index (χ0n) is 35.7. The van der Waals surface area contributed by atoms with Gasteiger partial charge < -0.3 is 57.6 Å². The average molecular weight is 853 g/mol. The molecule has 1 aromatic carbocycles. The van der Waals surface area contributed by atoms with Crippen LogP contribution in [0.4, 0.5) is 0 Å². The van der Waals surface area contributed by atoms with Crippen LogP contribution in [-0.2, 0) is 52.2 Å². The molecule has 336 valence electrons. The van der Waals surface area contributed by atoms with Crippen LogP contribution in [0, 0.1) is 11.8 Å². The molecular weight excluding hydrogens is 789 g/mol. The third-order valence-corrected chi connectivity index (χ3v) is 14.2. The fraction of sp³-hybridized carbons (Fsp3) is 0.702. The molecule has 0 radical (unpaired) electrons. The molecule has 0 spiro atoms. The summed E-state index contributed by atoms with van der Waals surface area (Å²) in [5.74, 6) is -1.86. The Labute approximate surface area is 358 Å². The lowest BCUT2D eigenvalue weighted by molar-refractivity contribution is -0.272. The van der Waals surface area contributed by atoms with Gasteiger partial charge in [-0.2, -0.15) is 0 Å². The van der Waals surface area contributed by atoms with Crippen molar-refractivity contribution in [3.63, 3.8) is 0 Å². The lowest BCUT2D eigenvalue weighted by atomic mass is 9.82. The minimum atomic E-state index is -0.970. The fourth-order valence-electron chi connectivity index (χ4n) is 11.0. The van der Waals surface area contributed by atoms with E-state index < -0.39 is 67.2 Å². The van der Waals surface area contributed by atoms with Crippen LogP contribution < -0.4 is 0 Å². The fourth-order valence-corrected chi connectivity index (χ4v) is 11.0. The van der Waals surface area contributed by atoms with Crippen LogP contribution in [-0.4, -0.2) is 140 Å². The van der Waals surface area contributed by atoms with Gasteiger partial charge in [0.05, 0.1) is 80.6 Å². The van der Waals surface area contributed by atoms with Gasteiger partial charge in [-0.1, -0.05) is 44.4 Å². The molecule has 8 aliphatic rings. The predicted molar refractivity (Wildman–Crippen MR) is 219 cm³/mol. The maximum absolute atomic E-state index is 13.3. The molecule has 14 nitrogen and oxygen atoms in total. The van der Waals surface area contributed by atoms with Gasteiger partial charge in [0.1, 0.15) is 30.5 Å². The van der Waals surface area contributed by atoms with Gasteiger partial charge in [-0.05, 0) is 67.7 Å². The van der Waals surface area contributed by atoms with E-state index in [1.807, 2.05) is 6.07 Å². The van der Waals surface area contributed by atoms with Crippen LogP contribution in [0.2, 0.25) is 0 Å². The Balaban J connectivity index is 0.870. The molecule has 8 aliphatic heterocycles. The van der Waals surface area contributed by atoms with Crippen LogP contribution in [0.3, 0.4) is 0 Å². The summed E-state index contributed by atoms with van der Waals surface area (Å²) < 4.78 is 63.6. The van der Waals surface area contributed by atoms with E-state index in [-0.39, 0.29) is 73.4 Å². The molecule has 8 heterocycles. The molecule has 9 rings (SSSR count). The van der Waals surface area contributed by atoms with E-state index in [0.29, 0.717) is 37.7 Å². The van der Waals surface area contributed by atoms with Gasteiger partial charge in [0.2, 0.25) is 0 Å². The Hall–Kier alpha value is -3.02. The van der Waals surface area contributed by atoms with Gasteiger partial charge in [-0.25, -0.2) is 4.79 Å². The molecule has 0 aliphatic carbocycles. The molecular formula is C47H64O14. The molecule has 0 saturated carbocycles. The number of benzene rings is 1. The third kappa shape index (κ3) is 9.31. The minimum absolute atomic E-state index is 0.0457. The summed E-state index contributed by atoms with van der Waals surface area (Å²) in [6.45, 7) is 14.5. The second kappa shape index (κ2) is 19.0. The molecule has 2 N–H and O–H groups in total. The van der Waals surface area contributed by atoms with Crippen molar-refractivity contribution in [1.29, 1.82) is 0 Å². The van der Waals surface area contributed by atoms with E-state index in [9.17, 15) is 19.8 Å². The van der Waals surface area contributed by atoms with Crippen molar-refractivity contribution in [3.05, 3.63) is 72.9 Å². The van der Waals surface area contributed by atoms with Crippen molar-refractivity contribution in [2.45, 2.75) is 175 Å². The molecule has 1 aromatic rings. The SMILES string of the molecule is C=CC[C@@H]1O[C@@H]2[C@H]3O[C@@H]4CC(CC[C@H]5CC(=C)[C@H](CC[C@H]6C[C@@H](C)C(=C)[C@@H](C[C@@H]7O[C@H](CC(O)CO)[C@H](OC)[C@H]7CC(=O)OC)O6)O5)(O[C@H]3[C@H]1OC(=O)c1ccccc1)O[C@H]24. The van der Waals surface area contributed by atoms with Crippen molar-refractivity contribution in [3.8, 4) is 0 Å². The Bertz CT molecular complexity index is 1740. The van der Waals surface area contributed by atoms with Crippen molar-refractivity contribution in [2.24, 2.45) is 11.8 Å². The van der Waals surface area contributed by atoms with E-state index in [1.165, 1.54) is 7.11 Å². The molecule has 61 heavy (non-hydrogen) atoms. The van der Waals surface area contributed by atoms with E-state index in [4.69, 9.17) is 47.4 Å². The first-order valence-corrected chi connectivity index (χ1v) is 22.2. The first kappa shape index (κ1) is 44.6. The molecule has 0 amide bonds. The number of esters is 2. The normalized spacial score (nSPS) is 41.8. The smallest absolute Gasteiger partial charge is 0.338 e. The summed E-state index contributed by atoms with van der Waals surface area (Å²) in [4.78, 5) is 25.8. The lowest BCUT2D eigenvalue weighted by Crippen LogP contribution is -2.59. The van der Waals surface area contributed by atoms with Gasteiger partial charge in [-0.3, -0.25) is 4.79 Å². The molecule has 18 atom stereocenters. The van der Waals surface area contributed by atoms with Crippen LogP contribution in [0.25, 0.3) is 0 Å². The number of rotatable bonds is 18. The standard InChI is InChI=1S/C47H64O14/c1-7-11-34-41(59-46(51)28-12-9-8-10-13-28)45-44-43(57-34)42-38(58-44)23-47(60-42,61-45)17-16-31-19-26(3)33(54-31)15-14-30-18-25(2)27(4)35(55-30)22-36-32(21-39(50)52-5)40(53-6)37(56-36)20-29(49)24-48/h7-10,12-13,25,29-38,40-45,48-49H,1,3-4,11,14-24H2,2,5-6H3/t25-,29?,30+,31+,32+,33+,34+,35-,36+,37-,38-,40-,41+,42+,43+,44-,45+,47?/m1/s1. The van der Waals surface area contributed by atoms with E-state index in [1.54, 1.807) is 37.5 Å². The molecule has 6 bridgehead atoms. The number of methoxy groups -OCH3 is 2. The monoisotopic (exact) mass is 852 g/mol. The zero-order valence-corrected chi connectivity index (χ0v) is 35.7. The van der Waals surface area contributed by atoms with Crippen molar-refractivity contribution >= 4 is 11.9 Å². The Kier molecular flexibility index (Phi) is 13.9. The zero-order chi connectivity index (χ0) is 43.0. The van der Waals surface area contributed by atoms with Crippen molar-refractivity contribution in [2.75, 3.05) is 20.8 Å². The summed E-state index contributed by atoms with van der Waals surface area (Å²) >= 11 is 0. The van der Waals surface area contributed by atoms with Crippen LogP contribution in [0.15, 0.2) is 67.3 Å². The highest BCUT2D eigenvalue weighted by Crippen LogP contribution is 2.53. The second-order valence-corrected chi connectivity index (χ2v) is 18.2. The Morgan fingerprint density at radius 3 is 2.39 bits per heavy atom. The van der Waals surface area contributed by atoms with Gasteiger partial charge >= 0.3 is 11.9 Å². The molecule has 8 fully saturated rings. The van der Waals surface area contributed by atoms with Crippen LogP contribution in [0.5, 0.6) is 0 Å². The summed E-state index contributed by atoms with van der Waals surface area (Å²) in [7, 11) is 2.93. The number of aliphatic hydroxyl groups excluding tert-OH is 2. The first-order chi connectivity index (χ1) is 29.4. The summed E-state index contributed by atoms with van der Waals surface area (Å²) in [6, 6.07) is 8.92. The number of carbonyl (C=O) groups excluding carboxylic acids is 2. The largest absolute Gasteiger partial charge is 0.469 e. The maximum atomic E-state index is 13.3. The van der Waals surface area contributed by atoms with Gasteiger partial charge in [0, 0.05) is 38.7 Å². The molecule has 0 aromatic heterocycles. The lowest BCUT2D eigenvalue weighted by Gasteiger charge is -2.43. The minimum Gasteiger partial charge on any atom is -0.469 e. The molecule has 14 heteroatoms. The highest BCUT2D eigenvalue weighted by molar-refractivity contribution is 5.89. The van der Waals surface area contributed by atoms with E-state index >= 15 is 0 Å². The maximum Gasteiger partial charge on any atom is 0.338 e. The molecule has 8 saturated heterocycles.